The van der Waals surface area contributed by atoms with E-state index in [0.717, 1.165) is 0 Å². The summed E-state index contributed by atoms with van der Waals surface area (Å²) in [6, 6.07) is 1.32. The second-order valence-electron chi connectivity index (χ2n) is 8.70. The first kappa shape index (κ1) is 16.0. The summed E-state index contributed by atoms with van der Waals surface area (Å²) >= 11 is 0. The molecule has 1 heterocycles. The van der Waals surface area contributed by atoms with Crippen LogP contribution in [0, 0.1) is 5.92 Å². The van der Waals surface area contributed by atoms with E-state index in [0.29, 0.717) is 5.92 Å². The first-order chi connectivity index (χ1) is 9.05. The van der Waals surface area contributed by atoms with Gasteiger partial charge in [0.25, 0.3) is 0 Å². The van der Waals surface area contributed by atoms with Gasteiger partial charge < -0.3 is 4.74 Å². The second-order valence-corrected chi connectivity index (χ2v) is 14.2. The summed E-state index contributed by atoms with van der Waals surface area (Å²) in [4.78, 5) is 0. The molecule has 2 rings (SSSR count). The van der Waals surface area contributed by atoms with Crippen LogP contribution in [0.2, 0.25) is 25.7 Å². The van der Waals surface area contributed by atoms with Gasteiger partial charge in [0.05, 0.1) is 11.2 Å². The van der Waals surface area contributed by atoms with Crippen molar-refractivity contribution in [3.63, 3.8) is 0 Å². The van der Waals surface area contributed by atoms with Gasteiger partial charge in [0.15, 0.2) is 0 Å². The lowest BCUT2D eigenvalue weighted by molar-refractivity contribution is -0.0825. The Morgan fingerprint density at radius 3 is 2.30 bits per heavy atom. The van der Waals surface area contributed by atoms with Crippen LogP contribution < -0.4 is 0 Å². The van der Waals surface area contributed by atoms with Gasteiger partial charge in [-0.1, -0.05) is 42.9 Å². The molecule has 1 aliphatic heterocycles. The second kappa shape index (κ2) is 5.13. The van der Waals surface area contributed by atoms with E-state index in [1.165, 1.54) is 30.9 Å². The zero-order chi connectivity index (χ0) is 15.2. The minimum Gasteiger partial charge on any atom is -0.360 e. The molecule has 2 aliphatic rings. The lowest BCUT2D eigenvalue weighted by Gasteiger charge is -2.37. The minimum atomic E-state index is -1.09. The van der Waals surface area contributed by atoms with Gasteiger partial charge in [-0.3, -0.25) is 0 Å². The van der Waals surface area contributed by atoms with Crippen molar-refractivity contribution in [2.45, 2.75) is 83.8 Å². The Morgan fingerprint density at radius 1 is 1.20 bits per heavy atom. The van der Waals surface area contributed by atoms with Gasteiger partial charge in [-0.05, 0) is 53.0 Å². The van der Waals surface area contributed by atoms with E-state index in [9.17, 15) is 0 Å². The van der Waals surface area contributed by atoms with Gasteiger partial charge in [0, 0.05) is 14.0 Å². The fraction of sp³-hybridized carbons (Fsp3) is 0.778. The minimum absolute atomic E-state index is 0.00421. The van der Waals surface area contributed by atoms with Crippen LogP contribution in [0.3, 0.4) is 0 Å². The summed E-state index contributed by atoms with van der Waals surface area (Å²) in [6.07, 6.45) is 8.46. The van der Waals surface area contributed by atoms with E-state index in [4.69, 9.17) is 4.74 Å². The first-order valence-corrected chi connectivity index (χ1v) is 11.8. The summed E-state index contributed by atoms with van der Waals surface area (Å²) in [5.74, 6) is 0.609. The van der Waals surface area contributed by atoms with Crippen LogP contribution in [0.1, 0.15) is 47.0 Å². The number of ether oxygens (including phenoxy) is 1. The Morgan fingerprint density at radius 2 is 1.85 bits per heavy atom. The number of allylic oxidation sites excluding steroid dienone is 1. The van der Waals surface area contributed by atoms with E-state index < -0.39 is 8.07 Å². The van der Waals surface area contributed by atoms with Crippen molar-refractivity contribution in [2.24, 2.45) is 5.92 Å². The van der Waals surface area contributed by atoms with Crippen LogP contribution in [0.25, 0.3) is 0 Å². The third kappa shape index (κ3) is 3.28. The maximum Gasteiger partial charge on any atom is 0.0939 e. The van der Waals surface area contributed by atoms with E-state index in [1.54, 1.807) is 5.57 Å². The lowest BCUT2D eigenvalue weighted by Crippen LogP contribution is -2.39. The van der Waals surface area contributed by atoms with E-state index in [-0.39, 0.29) is 11.2 Å². The highest BCUT2D eigenvalue weighted by Crippen LogP contribution is 2.51. The molecule has 1 saturated carbocycles. The summed E-state index contributed by atoms with van der Waals surface area (Å²) in [5, 5.41) is 0. The Balaban J connectivity index is 2.31. The zero-order valence-electron chi connectivity index (χ0n) is 14.5. The largest absolute Gasteiger partial charge is 0.360 e. The summed E-state index contributed by atoms with van der Waals surface area (Å²) in [5.41, 5.74) is 3.13. The maximum atomic E-state index is 6.53. The van der Waals surface area contributed by atoms with Crippen LogP contribution in [0.4, 0.5) is 0 Å². The highest BCUT2D eigenvalue weighted by molar-refractivity contribution is 6.76. The zero-order valence-corrected chi connectivity index (χ0v) is 15.5. The molecule has 0 aromatic rings. The Labute approximate surface area is 126 Å². The molecule has 0 aromatic heterocycles. The quantitative estimate of drug-likeness (QED) is 0.488. The molecule has 1 fully saturated rings. The molecular weight excluding hydrogens is 260 g/mol. The van der Waals surface area contributed by atoms with Crippen molar-refractivity contribution in [1.29, 1.82) is 0 Å². The highest BCUT2D eigenvalue weighted by Gasteiger charge is 2.49. The Kier molecular flexibility index (Phi) is 4.12. The van der Waals surface area contributed by atoms with Gasteiger partial charge in [-0.15, -0.1) is 0 Å². The van der Waals surface area contributed by atoms with Crippen LogP contribution in [0.15, 0.2) is 23.3 Å². The van der Waals surface area contributed by atoms with Crippen LogP contribution in [0.5, 0.6) is 0 Å². The molecule has 1 aliphatic carbocycles. The van der Waals surface area contributed by atoms with Gasteiger partial charge in [-0.2, -0.15) is 0 Å². The molecule has 0 aromatic carbocycles. The standard InChI is InChI=1S/C18H32OSi/c1-14(2)15(13-20(5,6)7)16-9-8-10-18(16)12-11-17(3,4)19-18/h11-12,16H,8-10,13H2,1-7H3/t16-,18+/m0/s1. The smallest absolute Gasteiger partial charge is 0.0939 e. The molecule has 0 bridgehead atoms. The van der Waals surface area contributed by atoms with E-state index >= 15 is 0 Å². The molecule has 114 valence electrons. The van der Waals surface area contributed by atoms with Gasteiger partial charge in [0.1, 0.15) is 0 Å². The van der Waals surface area contributed by atoms with Gasteiger partial charge in [0.2, 0.25) is 0 Å². The summed E-state index contributed by atoms with van der Waals surface area (Å²) in [7, 11) is -1.09. The van der Waals surface area contributed by atoms with Gasteiger partial charge in [-0.25, -0.2) is 0 Å². The summed E-state index contributed by atoms with van der Waals surface area (Å²) in [6.45, 7) is 16.4. The predicted molar refractivity (Wildman–Crippen MR) is 90.9 cm³/mol. The number of rotatable bonds is 3. The van der Waals surface area contributed by atoms with Crippen LogP contribution >= 0.6 is 0 Å². The van der Waals surface area contributed by atoms with Crippen molar-refractivity contribution >= 4 is 8.07 Å². The monoisotopic (exact) mass is 292 g/mol. The molecule has 0 amide bonds. The summed E-state index contributed by atoms with van der Waals surface area (Å²) < 4.78 is 6.53. The van der Waals surface area contributed by atoms with Crippen molar-refractivity contribution < 1.29 is 4.74 Å². The molecule has 0 N–H and O–H groups in total. The molecule has 0 unspecified atom stereocenters. The first-order valence-electron chi connectivity index (χ1n) is 8.12. The van der Waals surface area contributed by atoms with Crippen LogP contribution in [-0.4, -0.2) is 19.3 Å². The maximum absolute atomic E-state index is 6.53. The van der Waals surface area contributed by atoms with Crippen molar-refractivity contribution in [1.82, 2.24) is 0 Å². The Hall–Kier alpha value is -0.343. The fourth-order valence-corrected chi connectivity index (χ4v) is 5.65. The number of hydrogen-bond acceptors (Lipinski definition) is 1. The van der Waals surface area contributed by atoms with Gasteiger partial charge >= 0.3 is 0 Å². The normalized spacial score (nSPS) is 32.0. The third-order valence-corrected chi connectivity index (χ3v) is 6.10. The Bertz CT molecular complexity index is 435. The molecule has 0 saturated heterocycles. The topological polar surface area (TPSA) is 9.23 Å². The number of hydrogen-bond donors (Lipinski definition) is 0. The van der Waals surface area contributed by atoms with Crippen molar-refractivity contribution in [3.05, 3.63) is 23.3 Å². The SMILES string of the molecule is CC(C)=C(C[Si](C)(C)C)[C@@H]1CCC[C@@]12C=CC(C)(C)O2. The average Bonchev–Trinajstić information content (AvgIpc) is 2.78. The van der Waals surface area contributed by atoms with Crippen molar-refractivity contribution in [2.75, 3.05) is 0 Å². The molecule has 1 spiro atoms. The highest BCUT2D eigenvalue weighted by atomic mass is 28.3. The molecule has 2 heteroatoms. The molecule has 0 radical (unpaired) electrons. The van der Waals surface area contributed by atoms with E-state index in [1.807, 2.05) is 0 Å². The van der Waals surface area contributed by atoms with E-state index in [2.05, 4.69) is 59.5 Å². The molecule has 1 nitrogen and oxygen atoms in total. The fourth-order valence-electron chi connectivity index (χ4n) is 3.91. The molecule has 2 atom stereocenters. The average molecular weight is 293 g/mol. The lowest BCUT2D eigenvalue weighted by atomic mass is 9.83. The molecular formula is C18H32OSi. The van der Waals surface area contributed by atoms with Crippen LogP contribution in [-0.2, 0) is 4.74 Å². The predicted octanol–water partition coefficient (Wildman–Crippen LogP) is 5.56. The third-order valence-electron chi connectivity index (χ3n) is 4.65. The van der Waals surface area contributed by atoms with Crippen molar-refractivity contribution in [3.8, 4) is 0 Å². The molecule has 20 heavy (non-hydrogen) atoms.